The fourth-order valence-corrected chi connectivity index (χ4v) is 1.66. The largest absolute Gasteiger partial charge is 0.353 e. The molecular formula is C12H22O2. The molecule has 0 aliphatic carbocycles. The van der Waals surface area contributed by atoms with E-state index in [0.29, 0.717) is 0 Å². The first-order chi connectivity index (χ1) is 6.86. The average Bonchev–Trinajstić information content (AvgIpc) is 2.25. The van der Waals surface area contributed by atoms with E-state index in [1.54, 1.807) is 0 Å². The Balaban J connectivity index is 2.20. The Labute approximate surface area is 87.3 Å². The molecule has 82 valence electrons. The molecule has 0 amide bonds. The predicted molar refractivity (Wildman–Crippen MR) is 58.2 cm³/mol. The fraction of sp³-hybridized carbons (Fsp3) is 0.833. The molecule has 0 saturated carbocycles. The Kier molecular flexibility index (Phi) is 5.88. The minimum absolute atomic E-state index is 0.0172. The summed E-state index contributed by atoms with van der Waals surface area (Å²) in [7, 11) is 0. The molecule has 0 bridgehead atoms. The van der Waals surface area contributed by atoms with E-state index in [0.717, 1.165) is 19.4 Å². The van der Waals surface area contributed by atoms with E-state index in [1.807, 2.05) is 6.08 Å². The van der Waals surface area contributed by atoms with Crippen LogP contribution in [0, 0.1) is 0 Å². The van der Waals surface area contributed by atoms with Crippen molar-refractivity contribution in [2.75, 3.05) is 6.61 Å². The zero-order chi connectivity index (χ0) is 10.2. The van der Waals surface area contributed by atoms with Gasteiger partial charge in [-0.2, -0.15) is 0 Å². The van der Waals surface area contributed by atoms with Crippen LogP contribution in [-0.2, 0) is 9.47 Å². The Morgan fingerprint density at radius 3 is 3.00 bits per heavy atom. The SMILES string of the molecule is C=C[C@@H](CCCC)OC1CCCCO1. The summed E-state index contributed by atoms with van der Waals surface area (Å²) in [4.78, 5) is 0. The van der Waals surface area contributed by atoms with E-state index in [1.165, 1.54) is 25.7 Å². The average molecular weight is 198 g/mol. The molecule has 0 aromatic heterocycles. The second-order valence-electron chi connectivity index (χ2n) is 3.85. The minimum Gasteiger partial charge on any atom is -0.353 e. The Bertz CT molecular complexity index is 150. The van der Waals surface area contributed by atoms with E-state index in [-0.39, 0.29) is 12.4 Å². The summed E-state index contributed by atoms with van der Waals surface area (Å²) in [6.07, 6.45) is 9.00. The number of ether oxygens (including phenoxy) is 2. The Morgan fingerprint density at radius 1 is 1.57 bits per heavy atom. The molecule has 2 atom stereocenters. The lowest BCUT2D eigenvalue weighted by Crippen LogP contribution is -2.26. The van der Waals surface area contributed by atoms with Crippen molar-refractivity contribution in [1.82, 2.24) is 0 Å². The first kappa shape index (κ1) is 11.7. The number of hydrogen-bond acceptors (Lipinski definition) is 2. The van der Waals surface area contributed by atoms with Gasteiger partial charge in [-0.05, 0) is 25.7 Å². The van der Waals surface area contributed by atoms with Gasteiger partial charge in [0.15, 0.2) is 6.29 Å². The van der Waals surface area contributed by atoms with Gasteiger partial charge in [0.25, 0.3) is 0 Å². The lowest BCUT2D eigenvalue weighted by atomic mass is 10.1. The van der Waals surface area contributed by atoms with Gasteiger partial charge in [-0.1, -0.05) is 25.8 Å². The summed E-state index contributed by atoms with van der Waals surface area (Å²) in [6, 6.07) is 0. The van der Waals surface area contributed by atoms with Crippen LogP contribution in [0.2, 0.25) is 0 Å². The molecule has 1 unspecified atom stereocenters. The molecule has 0 aromatic rings. The summed E-state index contributed by atoms with van der Waals surface area (Å²) in [5, 5.41) is 0. The third-order valence-corrected chi connectivity index (χ3v) is 2.57. The van der Waals surface area contributed by atoms with Crippen molar-refractivity contribution in [1.29, 1.82) is 0 Å². The highest BCUT2D eigenvalue weighted by Gasteiger charge is 2.17. The second-order valence-corrected chi connectivity index (χ2v) is 3.85. The number of rotatable bonds is 6. The first-order valence-electron chi connectivity index (χ1n) is 5.76. The van der Waals surface area contributed by atoms with Crippen LogP contribution in [-0.4, -0.2) is 19.0 Å². The van der Waals surface area contributed by atoms with Crippen LogP contribution in [0.5, 0.6) is 0 Å². The fourth-order valence-electron chi connectivity index (χ4n) is 1.66. The normalized spacial score (nSPS) is 24.5. The van der Waals surface area contributed by atoms with E-state index in [9.17, 15) is 0 Å². The van der Waals surface area contributed by atoms with Gasteiger partial charge in [0.1, 0.15) is 0 Å². The van der Waals surface area contributed by atoms with Gasteiger partial charge in [-0.25, -0.2) is 0 Å². The Hall–Kier alpha value is -0.340. The third-order valence-electron chi connectivity index (χ3n) is 2.57. The van der Waals surface area contributed by atoms with Gasteiger partial charge in [0, 0.05) is 6.61 Å². The highest BCUT2D eigenvalue weighted by atomic mass is 16.7. The van der Waals surface area contributed by atoms with Crippen LogP contribution in [0.25, 0.3) is 0 Å². The summed E-state index contributed by atoms with van der Waals surface area (Å²) in [5.41, 5.74) is 0. The molecule has 2 heteroatoms. The summed E-state index contributed by atoms with van der Waals surface area (Å²) in [5.74, 6) is 0. The summed E-state index contributed by atoms with van der Waals surface area (Å²) >= 11 is 0. The van der Waals surface area contributed by atoms with Gasteiger partial charge >= 0.3 is 0 Å². The standard InChI is InChI=1S/C12H22O2/c1-3-5-8-11(4-2)14-12-9-6-7-10-13-12/h4,11-12H,2-3,5-10H2,1H3/t11-,12?/m0/s1. The van der Waals surface area contributed by atoms with E-state index < -0.39 is 0 Å². The van der Waals surface area contributed by atoms with Gasteiger partial charge in [0.05, 0.1) is 6.10 Å². The van der Waals surface area contributed by atoms with Crippen LogP contribution in [0.1, 0.15) is 45.4 Å². The first-order valence-corrected chi connectivity index (χ1v) is 5.76. The monoisotopic (exact) mass is 198 g/mol. The topological polar surface area (TPSA) is 18.5 Å². The molecule has 1 rings (SSSR count). The second kappa shape index (κ2) is 7.02. The molecule has 2 nitrogen and oxygen atoms in total. The van der Waals surface area contributed by atoms with E-state index >= 15 is 0 Å². The molecule has 0 N–H and O–H groups in total. The van der Waals surface area contributed by atoms with E-state index in [4.69, 9.17) is 9.47 Å². The van der Waals surface area contributed by atoms with Crippen LogP contribution >= 0.6 is 0 Å². The lowest BCUT2D eigenvalue weighted by molar-refractivity contribution is -0.179. The van der Waals surface area contributed by atoms with Crippen molar-refractivity contribution >= 4 is 0 Å². The zero-order valence-electron chi connectivity index (χ0n) is 9.21. The van der Waals surface area contributed by atoms with Crippen LogP contribution in [0.15, 0.2) is 12.7 Å². The summed E-state index contributed by atoms with van der Waals surface area (Å²) < 4.78 is 11.3. The molecule has 1 aliphatic rings. The maximum Gasteiger partial charge on any atom is 0.158 e. The van der Waals surface area contributed by atoms with Gasteiger partial charge in [0.2, 0.25) is 0 Å². The smallest absolute Gasteiger partial charge is 0.158 e. The molecular weight excluding hydrogens is 176 g/mol. The van der Waals surface area contributed by atoms with Crippen molar-refractivity contribution in [3.63, 3.8) is 0 Å². The molecule has 1 saturated heterocycles. The highest BCUT2D eigenvalue weighted by Crippen LogP contribution is 2.17. The molecule has 1 heterocycles. The van der Waals surface area contributed by atoms with Crippen molar-refractivity contribution in [3.05, 3.63) is 12.7 Å². The third kappa shape index (κ3) is 4.25. The predicted octanol–water partition coefficient (Wildman–Crippen LogP) is 3.27. The Morgan fingerprint density at radius 2 is 2.43 bits per heavy atom. The summed E-state index contributed by atoms with van der Waals surface area (Å²) in [6.45, 7) is 6.84. The van der Waals surface area contributed by atoms with Crippen LogP contribution in [0.3, 0.4) is 0 Å². The van der Waals surface area contributed by atoms with Gasteiger partial charge in [-0.3, -0.25) is 0 Å². The van der Waals surface area contributed by atoms with Crippen molar-refractivity contribution in [2.24, 2.45) is 0 Å². The number of hydrogen-bond donors (Lipinski definition) is 0. The highest BCUT2D eigenvalue weighted by molar-refractivity contribution is 4.80. The van der Waals surface area contributed by atoms with E-state index in [2.05, 4.69) is 13.5 Å². The van der Waals surface area contributed by atoms with Crippen molar-refractivity contribution in [3.8, 4) is 0 Å². The zero-order valence-corrected chi connectivity index (χ0v) is 9.21. The maximum absolute atomic E-state index is 5.80. The molecule has 14 heavy (non-hydrogen) atoms. The maximum atomic E-state index is 5.80. The lowest BCUT2D eigenvalue weighted by Gasteiger charge is -2.26. The molecule has 0 radical (unpaired) electrons. The van der Waals surface area contributed by atoms with Gasteiger partial charge in [-0.15, -0.1) is 6.58 Å². The van der Waals surface area contributed by atoms with Crippen molar-refractivity contribution in [2.45, 2.75) is 57.8 Å². The quantitative estimate of drug-likeness (QED) is 0.610. The number of unbranched alkanes of at least 4 members (excludes halogenated alkanes) is 1. The molecule has 0 spiro atoms. The molecule has 1 fully saturated rings. The van der Waals surface area contributed by atoms with Crippen molar-refractivity contribution < 1.29 is 9.47 Å². The molecule has 1 aliphatic heterocycles. The van der Waals surface area contributed by atoms with Gasteiger partial charge < -0.3 is 9.47 Å². The molecule has 0 aromatic carbocycles. The minimum atomic E-state index is 0.0172. The van der Waals surface area contributed by atoms with Crippen LogP contribution < -0.4 is 0 Å². The van der Waals surface area contributed by atoms with Crippen LogP contribution in [0.4, 0.5) is 0 Å².